The fraction of sp³-hybridized carbons (Fsp3) is 0.571. The normalized spacial score (nSPS) is 12.4. The molecule has 3 nitrogen and oxygen atoms in total. The summed E-state index contributed by atoms with van der Waals surface area (Å²) in [6.07, 6.45) is 1.07. The summed E-state index contributed by atoms with van der Waals surface area (Å²) >= 11 is 0. The molecule has 1 aromatic rings. The van der Waals surface area contributed by atoms with Crippen LogP contribution in [0, 0.1) is 6.92 Å². The summed E-state index contributed by atoms with van der Waals surface area (Å²) in [5, 5.41) is 3.41. The number of methoxy groups -OCH3 is 1. The van der Waals surface area contributed by atoms with Crippen LogP contribution in [0.25, 0.3) is 0 Å². The van der Waals surface area contributed by atoms with E-state index in [2.05, 4.69) is 25.2 Å². The zero-order valence-electron chi connectivity index (χ0n) is 11.0. The SMILES string of the molecule is CCC(COC)NCCOc1cccc(C)c1. The molecule has 1 rings (SSSR count). The molecule has 0 radical (unpaired) electrons. The van der Waals surface area contributed by atoms with Gasteiger partial charge < -0.3 is 14.8 Å². The second-order valence-corrected chi connectivity index (χ2v) is 4.18. The van der Waals surface area contributed by atoms with Crippen LogP contribution >= 0.6 is 0 Å². The molecule has 0 heterocycles. The van der Waals surface area contributed by atoms with Crippen molar-refractivity contribution in [2.24, 2.45) is 0 Å². The number of nitrogens with one attached hydrogen (secondary N) is 1. The van der Waals surface area contributed by atoms with Gasteiger partial charge in [0.1, 0.15) is 12.4 Å². The number of aryl methyl sites for hydroxylation is 1. The van der Waals surface area contributed by atoms with E-state index in [0.29, 0.717) is 12.6 Å². The van der Waals surface area contributed by atoms with E-state index in [-0.39, 0.29) is 0 Å². The Hall–Kier alpha value is -1.06. The van der Waals surface area contributed by atoms with Crippen molar-refractivity contribution in [2.45, 2.75) is 26.3 Å². The minimum absolute atomic E-state index is 0.418. The highest BCUT2D eigenvalue weighted by atomic mass is 16.5. The molecular weight excluding hydrogens is 214 g/mol. The molecule has 1 atom stereocenters. The molecule has 0 amide bonds. The van der Waals surface area contributed by atoms with Gasteiger partial charge in [0.2, 0.25) is 0 Å². The third kappa shape index (κ3) is 5.71. The van der Waals surface area contributed by atoms with Gasteiger partial charge in [-0.3, -0.25) is 0 Å². The van der Waals surface area contributed by atoms with Crippen molar-refractivity contribution in [2.75, 3.05) is 26.9 Å². The second kappa shape index (κ2) is 8.09. The Kier molecular flexibility index (Phi) is 6.67. The highest BCUT2D eigenvalue weighted by Crippen LogP contribution is 2.11. The molecule has 1 N–H and O–H groups in total. The van der Waals surface area contributed by atoms with Crippen molar-refractivity contribution in [1.82, 2.24) is 5.32 Å². The molecule has 0 aliphatic rings. The lowest BCUT2D eigenvalue weighted by atomic mass is 10.2. The van der Waals surface area contributed by atoms with Gasteiger partial charge in [-0.2, -0.15) is 0 Å². The first-order valence-corrected chi connectivity index (χ1v) is 6.18. The minimum Gasteiger partial charge on any atom is -0.492 e. The van der Waals surface area contributed by atoms with Crippen LogP contribution < -0.4 is 10.1 Å². The van der Waals surface area contributed by atoms with Crippen molar-refractivity contribution < 1.29 is 9.47 Å². The maximum absolute atomic E-state index is 5.66. The molecule has 96 valence electrons. The maximum Gasteiger partial charge on any atom is 0.119 e. The van der Waals surface area contributed by atoms with Crippen LogP contribution in [0.5, 0.6) is 5.75 Å². The van der Waals surface area contributed by atoms with E-state index in [9.17, 15) is 0 Å². The first kappa shape index (κ1) is 14.0. The Morgan fingerprint density at radius 2 is 2.18 bits per heavy atom. The summed E-state index contributed by atoms with van der Waals surface area (Å²) < 4.78 is 10.8. The average Bonchev–Trinajstić information content (AvgIpc) is 2.33. The third-order valence-electron chi connectivity index (χ3n) is 2.65. The first-order chi connectivity index (χ1) is 8.26. The standard InChI is InChI=1S/C14H23NO2/c1-4-13(11-16-3)15-8-9-17-14-7-5-6-12(2)10-14/h5-7,10,13,15H,4,8-9,11H2,1-3H3. The molecule has 0 saturated carbocycles. The number of benzene rings is 1. The zero-order valence-corrected chi connectivity index (χ0v) is 11.0. The number of rotatable bonds is 8. The van der Waals surface area contributed by atoms with Gasteiger partial charge in [0.25, 0.3) is 0 Å². The van der Waals surface area contributed by atoms with Crippen LogP contribution in [-0.4, -0.2) is 32.9 Å². The number of ether oxygens (including phenoxy) is 2. The van der Waals surface area contributed by atoms with Crippen LogP contribution in [-0.2, 0) is 4.74 Å². The molecule has 1 aromatic carbocycles. The van der Waals surface area contributed by atoms with Crippen LogP contribution in [0.3, 0.4) is 0 Å². The number of hydrogen-bond acceptors (Lipinski definition) is 3. The molecule has 0 spiro atoms. The van der Waals surface area contributed by atoms with Crippen molar-refractivity contribution in [1.29, 1.82) is 0 Å². The molecule has 3 heteroatoms. The lowest BCUT2D eigenvalue weighted by molar-refractivity contribution is 0.161. The van der Waals surface area contributed by atoms with Crippen molar-refractivity contribution in [3.63, 3.8) is 0 Å². The van der Waals surface area contributed by atoms with Gasteiger partial charge in [-0.15, -0.1) is 0 Å². The average molecular weight is 237 g/mol. The van der Waals surface area contributed by atoms with Gasteiger partial charge in [-0.1, -0.05) is 19.1 Å². The first-order valence-electron chi connectivity index (χ1n) is 6.18. The third-order valence-corrected chi connectivity index (χ3v) is 2.65. The summed E-state index contributed by atoms with van der Waals surface area (Å²) in [5.41, 5.74) is 1.22. The molecule has 0 aromatic heterocycles. The Bertz CT molecular complexity index is 315. The second-order valence-electron chi connectivity index (χ2n) is 4.18. The summed E-state index contributed by atoms with van der Waals surface area (Å²) in [5.74, 6) is 0.937. The Balaban J connectivity index is 2.19. The Morgan fingerprint density at radius 1 is 1.35 bits per heavy atom. The smallest absolute Gasteiger partial charge is 0.119 e. The largest absolute Gasteiger partial charge is 0.492 e. The summed E-state index contributed by atoms with van der Waals surface area (Å²) in [7, 11) is 1.73. The van der Waals surface area contributed by atoms with Gasteiger partial charge in [-0.05, 0) is 31.0 Å². The number of hydrogen-bond donors (Lipinski definition) is 1. The molecule has 0 aliphatic carbocycles. The fourth-order valence-electron chi connectivity index (χ4n) is 1.66. The van der Waals surface area contributed by atoms with Crippen LogP contribution in [0.15, 0.2) is 24.3 Å². The van der Waals surface area contributed by atoms with E-state index in [1.54, 1.807) is 7.11 Å². The zero-order chi connectivity index (χ0) is 12.5. The lowest BCUT2D eigenvalue weighted by Gasteiger charge is -2.16. The molecule has 17 heavy (non-hydrogen) atoms. The monoisotopic (exact) mass is 237 g/mol. The molecule has 0 saturated heterocycles. The highest BCUT2D eigenvalue weighted by molar-refractivity contribution is 5.27. The van der Waals surface area contributed by atoms with Crippen LogP contribution in [0.2, 0.25) is 0 Å². The molecule has 1 unspecified atom stereocenters. The molecule has 0 aliphatic heterocycles. The van der Waals surface area contributed by atoms with Gasteiger partial charge in [-0.25, -0.2) is 0 Å². The van der Waals surface area contributed by atoms with E-state index in [0.717, 1.165) is 25.3 Å². The van der Waals surface area contributed by atoms with Gasteiger partial charge in [0.05, 0.1) is 6.61 Å². The van der Waals surface area contributed by atoms with E-state index in [1.165, 1.54) is 5.56 Å². The lowest BCUT2D eigenvalue weighted by Crippen LogP contribution is -2.35. The van der Waals surface area contributed by atoms with E-state index in [4.69, 9.17) is 9.47 Å². The van der Waals surface area contributed by atoms with Crippen molar-refractivity contribution in [3.8, 4) is 5.75 Å². The minimum atomic E-state index is 0.418. The van der Waals surface area contributed by atoms with Crippen molar-refractivity contribution in [3.05, 3.63) is 29.8 Å². The Labute approximate surface area is 104 Å². The predicted molar refractivity (Wildman–Crippen MR) is 70.6 cm³/mol. The van der Waals surface area contributed by atoms with E-state index >= 15 is 0 Å². The quantitative estimate of drug-likeness (QED) is 0.704. The molecule has 0 bridgehead atoms. The van der Waals surface area contributed by atoms with Crippen molar-refractivity contribution >= 4 is 0 Å². The summed E-state index contributed by atoms with van der Waals surface area (Å²) in [6.45, 7) is 6.50. The molecule has 0 fully saturated rings. The summed E-state index contributed by atoms with van der Waals surface area (Å²) in [6, 6.07) is 8.53. The molecular formula is C14H23NO2. The van der Waals surface area contributed by atoms with Gasteiger partial charge >= 0.3 is 0 Å². The fourth-order valence-corrected chi connectivity index (χ4v) is 1.66. The Morgan fingerprint density at radius 3 is 2.82 bits per heavy atom. The van der Waals surface area contributed by atoms with Crippen LogP contribution in [0.4, 0.5) is 0 Å². The highest BCUT2D eigenvalue weighted by Gasteiger charge is 2.03. The maximum atomic E-state index is 5.66. The predicted octanol–water partition coefficient (Wildman–Crippen LogP) is 2.39. The topological polar surface area (TPSA) is 30.5 Å². The van der Waals surface area contributed by atoms with E-state index in [1.807, 2.05) is 18.2 Å². The summed E-state index contributed by atoms with van der Waals surface area (Å²) in [4.78, 5) is 0. The van der Waals surface area contributed by atoms with Gasteiger partial charge in [0, 0.05) is 19.7 Å². The van der Waals surface area contributed by atoms with Crippen LogP contribution in [0.1, 0.15) is 18.9 Å². The van der Waals surface area contributed by atoms with E-state index < -0.39 is 0 Å². The van der Waals surface area contributed by atoms with Gasteiger partial charge in [0.15, 0.2) is 0 Å².